The van der Waals surface area contributed by atoms with E-state index in [-0.39, 0.29) is 5.82 Å². The van der Waals surface area contributed by atoms with Crippen LogP contribution in [0.1, 0.15) is 15.9 Å². The first-order valence-corrected chi connectivity index (χ1v) is 6.26. The summed E-state index contributed by atoms with van der Waals surface area (Å²) in [5.41, 5.74) is -0.244. The molecule has 0 aliphatic carbocycles. The number of carbonyl (C=O) groups excluding carboxylic acids is 1. The lowest BCUT2D eigenvalue weighted by Crippen LogP contribution is -2.17. The van der Waals surface area contributed by atoms with E-state index in [4.69, 9.17) is 0 Å². The maximum Gasteiger partial charge on any atom is 0.262 e. The molecule has 0 spiro atoms. The van der Waals surface area contributed by atoms with Crippen molar-refractivity contribution in [2.24, 2.45) is 0 Å². The molecule has 104 valence electrons. The van der Waals surface area contributed by atoms with Gasteiger partial charge in [0, 0.05) is 22.8 Å². The van der Waals surface area contributed by atoms with Gasteiger partial charge in [-0.1, -0.05) is 0 Å². The number of benzene rings is 1. The molecule has 0 aliphatic heterocycles. The lowest BCUT2D eigenvalue weighted by atomic mass is 10.1. The fraction of sp³-hybridized carbons (Fsp3) is 0.0769. The fourth-order valence-corrected chi connectivity index (χ4v) is 2.05. The Labute approximate surface area is 121 Å². The number of rotatable bonds is 2. The molecule has 0 radical (unpaired) electrons. The first-order chi connectivity index (χ1) is 9.38. The van der Waals surface area contributed by atoms with Crippen LogP contribution in [0.25, 0.3) is 0 Å². The van der Waals surface area contributed by atoms with Gasteiger partial charge in [-0.3, -0.25) is 4.79 Å². The number of hydrogen-bond acceptors (Lipinski definition) is 2. The average Bonchev–Trinajstić information content (AvgIpc) is 2.31. The van der Waals surface area contributed by atoms with Crippen molar-refractivity contribution in [1.82, 2.24) is 4.98 Å². The zero-order valence-electron chi connectivity index (χ0n) is 10.2. The molecule has 0 unspecified atom stereocenters. The molecule has 0 saturated heterocycles. The Morgan fingerprint density at radius 3 is 2.35 bits per heavy atom. The van der Waals surface area contributed by atoms with Crippen molar-refractivity contribution in [1.29, 1.82) is 0 Å². The summed E-state index contributed by atoms with van der Waals surface area (Å²) in [5.74, 6) is -4.49. The molecule has 1 aromatic heterocycles. The number of anilines is 1. The Bertz CT molecular complexity index is 668. The van der Waals surface area contributed by atoms with E-state index in [2.05, 4.69) is 26.2 Å². The second kappa shape index (κ2) is 5.62. The molecule has 0 saturated carbocycles. The predicted molar refractivity (Wildman–Crippen MR) is 70.9 cm³/mol. The quantitative estimate of drug-likeness (QED) is 0.899. The number of nitrogens with zero attached hydrogens (tertiary/aromatic N) is 1. The van der Waals surface area contributed by atoms with Gasteiger partial charge in [-0.05, 0) is 34.5 Å². The Kier molecular flexibility index (Phi) is 4.08. The third kappa shape index (κ3) is 2.98. The van der Waals surface area contributed by atoms with Crippen LogP contribution in [0.15, 0.2) is 28.9 Å². The Morgan fingerprint density at radius 1 is 1.20 bits per heavy atom. The number of halogens is 4. The summed E-state index contributed by atoms with van der Waals surface area (Å²) in [6.07, 6.45) is 1.43. The van der Waals surface area contributed by atoms with Crippen molar-refractivity contribution in [3.05, 3.63) is 57.4 Å². The van der Waals surface area contributed by atoms with Crippen molar-refractivity contribution >= 4 is 27.7 Å². The maximum atomic E-state index is 13.5. The first kappa shape index (κ1) is 14.5. The molecule has 3 nitrogen and oxygen atoms in total. The summed E-state index contributed by atoms with van der Waals surface area (Å²) < 4.78 is 40.4. The summed E-state index contributed by atoms with van der Waals surface area (Å²) in [6.45, 7) is 1.67. The van der Waals surface area contributed by atoms with Crippen molar-refractivity contribution in [3.63, 3.8) is 0 Å². The first-order valence-electron chi connectivity index (χ1n) is 5.46. The van der Waals surface area contributed by atoms with Crippen molar-refractivity contribution in [2.45, 2.75) is 6.92 Å². The van der Waals surface area contributed by atoms with Gasteiger partial charge in [-0.15, -0.1) is 0 Å². The number of aryl methyl sites for hydroxylation is 1. The number of hydrogen-bond donors (Lipinski definition) is 1. The Morgan fingerprint density at radius 2 is 1.80 bits per heavy atom. The summed E-state index contributed by atoms with van der Waals surface area (Å²) in [5, 5.41) is 2.28. The highest BCUT2D eigenvalue weighted by atomic mass is 79.9. The standard InChI is InChI=1S/C13H8BrF3N2O/c1-6-2-7(14)5-18-12(6)19-13(20)11-9(16)3-8(15)4-10(11)17/h2-5H,1H3,(H,18,19,20). The van der Waals surface area contributed by atoms with Crippen molar-refractivity contribution < 1.29 is 18.0 Å². The van der Waals surface area contributed by atoms with E-state index in [1.54, 1.807) is 13.0 Å². The van der Waals surface area contributed by atoms with Crippen molar-refractivity contribution in [3.8, 4) is 0 Å². The number of carbonyl (C=O) groups is 1. The molecule has 1 heterocycles. The smallest absolute Gasteiger partial charge is 0.262 e. The van der Waals surface area contributed by atoms with Crippen LogP contribution in [0.5, 0.6) is 0 Å². The van der Waals surface area contributed by atoms with E-state index < -0.39 is 28.9 Å². The van der Waals surface area contributed by atoms with E-state index in [1.165, 1.54) is 6.20 Å². The van der Waals surface area contributed by atoms with E-state index >= 15 is 0 Å². The molecule has 0 fully saturated rings. The molecule has 1 N–H and O–H groups in total. The van der Waals surface area contributed by atoms with Crippen LogP contribution < -0.4 is 5.32 Å². The second-order valence-electron chi connectivity index (χ2n) is 4.02. The molecule has 0 atom stereocenters. The second-order valence-corrected chi connectivity index (χ2v) is 4.93. The number of amides is 1. The molecule has 7 heteroatoms. The molecule has 2 aromatic rings. The lowest BCUT2D eigenvalue weighted by Gasteiger charge is -2.09. The van der Waals surface area contributed by atoms with Crippen LogP contribution in [-0.2, 0) is 0 Å². The van der Waals surface area contributed by atoms with Crippen LogP contribution in [0.2, 0.25) is 0 Å². The van der Waals surface area contributed by atoms with Gasteiger partial charge in [0.2, 0.25) is 0 Å². The molecule has 2 rings (SSSR count). The minimum Gasteiger partial charge on any atom is -0.306 e. The Hall–Kier alpha value is -1.89. The van der Waals surface area contributed by atoms with Crippen LogP contribution in [-0.4, -0.2) is 10.9 Å². The summed E-state index contributed by atoms with van der Waals surface area (Å²) in [6, 6.07) is 2.57. The molecular weight excluding hydrogens is 337 g/mol. The maximum absolute atomic E-state index is 13.5. The number of aromatic nitrogens is 1. The third-order valence-electron chi connectivity index (χ3n) is 2.51. The molecular formula is C13H8BrF3N2O. The SMILES string of the molecule is Cc1cc(Br)cnc1NC(=O)c1c(F)cc(F)cc1F. The molecule has 20 heavy (non-hydrogen) atoms. The largest absolute Gasteiger partial charge is 0.306 e. The van der Waals surface area contributed by atoms with Gasteiger partial charge >= 0.3 is 0 Å². The third-order valence-corrected chi connectivity index (χ3v) is 2.94. The van der Waals surface area contributed by atoms with Gasteiger partial charge in [-0.25, -0.2) is 18.2 Å². The van der Waals surface area contributed by atoms with Gasteiger partial charge < -0.3 is 5.32 Å². The molecule has 0 aliphatic rings. The van der Waals surface area contributed by atoms with Crippen LogP contribution in [0.4, 0.5) is 19.0 Å². The highest BCUT2D eigenvalue weighted by molar-refractivity contribution is 9.10. The lowest BCUT2D eigenvalue weighted by molar-refractivity contribution is 0.101. The van der Waals surface area contributed by atoms with Crippen LogP contribution in [0, 0.1) is 24.4 Å². The van der Waals surface area contributed by atoms with E-state index in [1.807, 2.05) is 0 Å². The van der Waals surface area contributed by atoms with Gasteiger partial charge in [-0.2, -0.15) is 0 Å². The van der Waals surface area contributed by atoms with Gasteiger partial charge in [0.25, 0.3) is 5.91 Å². The van der Waals surface area contributed by atoms with Crippen LogP contribution in [0.3, 0.4) is 0 Å². The zero-order valence-corrected chi connectivity index (χ0v) is 11.8. The van der Waals surface area contributed by atoms with Crippen molar-refractivity contribution in [2.75, 3.05) is 5.32 Å². The minimum absolute atomic E-state index is 0.168. The van der Waals surface area contributed by atoms with E-state index in [0.717, 1.165) is 0 Å². The summed E-state index contributed by atoms with van der Waals surface area (Å²) in [7, 11) is 0. The number of pyridine rings is 1. The molecule has 1 aromatic carbocycles. The normalized spacial score (nSPS) is 10.4. The zero-order chi connectivity index (χ0) is 14.9. The Balaban J connectivity index is 2.33. The minimum atomic E-state index is -1.27. The van der Waals surface area contributed by atoms with E-state index in [9.17, 15) is 18.0 Å². The molecule has 0 bridgehead atoms. The van der Waals surface area contributed by atoms with Gasteiger partial charge in [0.15, 0.2) is 0 Å². The fourth-order valence-electron chi connectivity index (χ4n) is 1.60. The van der Waals surface area contributed by atoms with E-state index in [0.29, 0.717) is 22.2 Å². The van der Waals surface area contributed by atoms with Gasteiger partial charge in [0.05, 0.1) is 0 Å². The number of nitrogens with one attached hydrogen (secondary N) is 1. The topological polar surface area (TPSA) is 42.0 Å². The van der Waals surface area contributed by atoms with Crippen LogP contribution >= 0.6 is 15.9 Å². The summed E-state index contributed by atoms with van der Waals surface area (Å²) >= 11 is 3.20. The molecule has 1 amide bonds. The average molecular weight is 345 g/mol. The highest BCUT2D eigenvalue weighted by Crippen LogP contribution is 2.20. The summed E-state index contributed by atoms with van der Waals surface area (Å²) in [4.78, 5) is 15.8. The monoisotopic (exact) mass is 344 g/mol. The predicted octanol–water partition coefficient (Wildman–Crippen LogP) is 3.82. The van der Waals surface area contributed by atoms with Gasteiger partial charge in [0.1, 0.15) is 28.8 Å². The highest BCUT2D eigenvalue weighted by Gasteiger charge is 2.20.